The smallest absolute Gasteiger partial charge is 0.326 e. The molecule has 1 heterocycles. The van der Waals surface area contributed by atoms with Gasteiger partial charge < -0.3 is 62.0 Å². The van der Waals surface area contributed by atoms with Gasteiger partial charge in [-0.1, -0.05) is 103 Å². The quantitative estimate of drug-likeness (QED) is 0.0491. The van der Waals surface area contributed by atoms with E-state index in [-0.39, 0.29) is 19.3 Å². The molecule has 0 bridgehead atoms. The molecule has 1 aliphatic heterocycles. The second kappa shape index (κ2) is 22.4. The van der Waals surface area contributed by atoms with Crippen molar-refractivity contribution in [1.29, 1.82) is 0 Å². The summed E-state index contributed by atoms with van der Waals surface area (Å²) in [5, 5.41) is 73.2. The molecule has 1 fully saturated rings. The highest BCUT2D eigenvalue weighted by atomic mass is 16.6. The molecule has 0 unspecified atom stereocenters. The number of carboxylic acid groups (broad SMARTS) is 2. The third kappa shape index (κ3) is 13.6. The number of aliphatic carboxylic acids is 2. The molecular formula is C44H49N5O14. The first-order valence-corrected chi connectivity index (χ1v) is 19.9. The fourth-order valence-corrected chi connectivity index (χ4v) is 6.98. The Balaban J connectivity index is 1.31. The van der Waals surface area contributed by atoms with Gasteiger partial charge in [0.05, 0.1) is 25.9 Å². The van der Waals surface area contributed by atoms with Gasteiger partial charge >= 0.3 is 11.9 Å². The van der Waals surface area contributed by atoms with Crippen LogP contribution in [0.4, 0.5) is 0 Å². The van der Waals surface area contributed by atoms with Crippen molar-refractivity contribution in [1.82, 2.24) is 26.6 Å². The molecule has 0 saturated carbocycles. The Kier molecular flexibility index (Phi) is 16.8. The van der Waals surface area contributed by atoms with Gasteiger partial charge in [0.25, 0.3) is 0 Å². The van der Waals surface area contributed by atoms with E-state index in [0.717, 1.165) is 10.8 Å². The highest BCUT2D eigenvalue weighted by Gasteiger charge is 2.44. The lowest BCUT2D eigenvalue weighted by atomic mass is 9.97. The van der Waals surface area contributed by atoms with E-state index >= 15 is 0 Å². The number of aliphatic hydroxyl groups excluding tert-OH is 4. The lowest BCUT2D eigenvalue weighted by Crippen LogP contribution is -2.64. The number of benzene rings is 4. The molecule has 4 aromatic rings. The van der Waals surface area contributed by atoms with Crippen LogP contribution in [-0.4, -0.2) is 134 Å². The number of hydrogen-bond acceptors (Lipinski definition) is 12. The molecule has 0 radical (unpaired) electrons. The minimum Gasteiger partial charge on any atom is -0.481 e. The molecule has 1 saturated heterocycles. The Bertz CT molecular complexity index is 2250. The van der Waals surface area contributed by atoms with Crippen molar-refractivity contribution in [2.75, 3.05) is 6.61 Å². The minimum absolute atomic E-state index is 0.0134. The van der Waals surface area contributed by atoms with Gasteiger partial charge in [-0.2, -0.15) is 0 Å². The predicted molar refractivity (Wildman–Crippen MR) is 222 cm³/mol. The molecule has 4 aromatic carbocycles. The summed E-state index contributed by atoms with van der Waals surface area (Å²) in [5.74, 6) is -8.15. The second-order valence-corrected chi connectivity index (χ2v) is 15.0. The fraction of sp³-hybridized carbons (Fsp3) is 0.341. The Hall–Kier alpha value is -6.77. The molecule has 63 heavy (non-hydrogen) atoms. The zero-order valence-electron chi connectivity index (χ0n) is 33.7. The van der Waals surface area contributed by atoms with E-state index in [1.807, 2.05) is 41.7 Å². The Morgan fingerprint density at radius 3 is 1.65 bits per heavy atom. The number of hydrogen-bond donors (Lipinski definition) is 11. The molecular weight excluding hydrogens is 823 g/mol. The van der Waals surface area contributed by atoms with Crippen LogP contribution in [0.5, 0.6) is 0 Å². The maximum absolute atomic E-state index is 14.1. The molecule has 0 spiro atoms. The third-order valence-corrected chi connectivity index (χ3v) is 10.3. The molecule has 5 rings (SSSR count). The Morgan fingerprint density at radius 1 is 0.556 bits per heavy atom. The third-order valence-electron chi connectivity index (χ3n) is 10.3. The molecule has 9 atom stereocenters. The SMILES string of the molecule is O=C(O)C[C@H](NC(=O)[C@H](Cc1ccccc1)NC(=O)[C@H](Cc1ccccc1)NC(=O)Cc1ccc2ccccc2c1)C(=O)N[C@@H](CC(=O)N[C@@H]1[C@@H](O)[C@H](O)[C@@H](CO)O[C@@H]1O)C(=O)O. The van der Waals surface area contributed by atoms with Crippen LogP contribution in [0.15, 0.2) is 103 Å². The van der Waals surface area contributed by atoms with Gasteiger partial charge in [-0.05, 0) is 27.5 Å². The number of carbonyl (C=O) groups excluding carboxylic acids is 5. The second-order valence-electron chi connectivity index (χ2n) is 15.0. The predicted octanol–water partition coefficient (Wildman–Crippen LogP) is -1.33. The standard InChI is InChI=1S/C44H49N5O14/c50-23-33-38(55)39(56)37(44(62)63-33)49-35(52)21-32(43(60)61)48-42(59)31(22-36(53)54)47-41(58)30(19-25-11-5-2-6-12-25)46-40(57)29(18-24-9-3-1-4-10-24)45-34(51)20-26-15-16-27-13-7-8-14-28(27)17-26/h1-17,29-33,37-39,44,50,55-56,62H,18-23H2,(H,45,51)(H,46,57)(H,47,58)(H,48,59)(H,49,52)(H,53,54)(H,60,61)/t29-,30-,31-,32-,33+,37+,38+,39+,44-/m0/s1. The number of nitrogens with one attached hydrogen (secondary N) is 5. The van der Waals surface area contributed by atoms with Gasteiger partial charge in [0.15, 0.2) is 6.29 Å². The number of ether oxygens (including phenoxy) is 1. The average Bonchev–Trinajstić information content (AvgIpc) is 3.25. The van der Waals surface area contributed by atoms with Crippen LogP contribution < -0.4 is 26.6 Å². The van der Waals surface area contributed by atoms with Crippen molar-refractivity contribution in [2.24, 2.45) is 0 Å². The summed E-state index contributed by atoms with van der Waals surface area (Å²) in [6.45, 7) is -0.781. The molecule has 19 nitrogen and oxygen atoms in total. The van der Waals surface area contributed by atoms with Crippen molar-refractivity contribution < 1.29 is 68.9 Å². The monoisotopic (exact) mass is 871 g/mol. The average molecular weight is 872 g/mol. The summed E-state index contributed by atoms with van der Waals surface area (Å²) in [4.78, 5) is 92.1. The number of fused-ring (bicyclic) bond motifs is 1. The molecule has 334 valence electrons. The zero-order chi connectivity index (χ0) is 45.6. The van der Waals surface area contributed by atoms with Gasteiger partial charge in [0.1, 0.15) is 48.5 Å². The molecule has 19 heteroatoms. The first-order chi connectivity index (χ1) is 30.1. The topological polar surface area (TPSA) is 310 Å². The van der Waals surface area contributed by atoms with Gasteiger partial charge in [0.2, 0.25) is 29.5 Å². The summed E-state index contributed by atoms with van der Waals surface area (Å²) in [7, 11) is 0. The maximum atomic E-state index is 14.1. The van der Waals surface area contributed by atoms with E-state index in [2.05, 4.69) is 21.3 Å². The Labute approximate surface area is 360 Å². The minimum atomic E-state index is -2.05. The molecule has 5 amide bonds. The van der Waals surface area contributed by atoms with Crippen molar-refractivity contribution in [3.8, 4) is 0 Å². The molecule has 0 aromatic heterocycles. The first kappa shape index (κ1) is 47.3. The molecule has 1 aliphatic rings. The lowest BCUT2D eigenvalue weighted by Gasteiger charge is -2.40. The summed E-state index contributed by atoms with van der Waals surface area (Å²) in [6.07, 6.45) is -9.25. The van der Waals surface area contributed by atoms with Crippen LogP contribution in [0.1, 0.15) is 29.5 Å². The fourth-order valence-electron chi connectivity index (χ4n) is 6.98. The zero-order valence-corrected chi connectivity index (χ0v) is 33.7. The molecule has 11 N–H and O–H groups in total. The van der Waals surface area contributed by atoms with Gasteiger partial charge in [0, 0.05) is 12.8 Å². The van der Waals surface area contributed by atoms with Crippen LogP contribution >= 0.6 is 0 Å². The summed E-state index contributed by atoms with van der Waals surface area (Å²) >= 11 is 0. The van der Waals surface area contributed by atoms with Gasteiger partial charge in [-0.15, -0.1) is 0 Å². The van der Waals surface area contributed by atoms with E-state index in [0.29, 0.717) is 16.7 Å². The van der Waals surface area contributed by atoms with Crippen LogP contribution in [0, 0.1) is 0 Å². The lowest BCUT2D eigenvalue weighted by molar-refractivity contribution is -0.253. The highest BCUT2D eigenvalue weighted by molar-refractivity contribution is 5.97. The number of aliphatic hydroxyl groups is 4. The van der Waals surface area contributed by atoms with E-state index in [9.17, 15) is 64.2 Å². The van der Waals surface area contributed by atoms with Crippen molar-refractivity contribution in [3.05, 3.63) is 120 Å². The number of carboxylic acids is 2. The van der Waals surface area contributed by atoms with E-state index in [1.165, 1.54) is 0 Å². The number of amides is 5. The largest absolute Gasteiger partial charge is 0.481 e. The summed E-state index contributed by atoms with van der Waals surface area (Å²) in [5.41, 5.74) is 1.92. The summed E-state index contributed by atoms with van der Waals surface area (Å²) in [6, 6.07) is 22.0. The van der Waals surface area contributed by atoms with Crippen LogP contribution in [0.25, 0.3) is 10.8 Å². The normalized spacial score (nSPS) is 20.2. The van der Waals surface area contributed by atoms with Crippen LogP contribution in [0.3, 0.4) is 0 Å². The van der Waals surface area contributed by atoms with E-state index < -0.39 is 116 Å². The number of carbonyl (C=O) groups is 7. The summed E-state index contributed by atoms with van der Waals surface area (Å²) < 4.78 is 4.98. The maximum Gasteiger partial charge on any atom is 0.326 e. The van der Waals surface area contributed by atoms with Crippen LogP contribution in [-0.2, 0) is 57.6 Å². The highest BCUT2D eigenvalue weighted by Crippen LogP contribution is 2.20. The molecule has 0 aliphatic carbocycles. The first-order valence-electron chi connectivity index (χ1n) is 19.9. The van der Waals surface area contributed by atoms with Crippen molar-refractivity contribution >= 4 is 52.2 Å². The van der Waals surface area contributed by atoms with Crippen molar-refractivity contribution in [3.63, 3.8) is 0 Å². The van der Waals surface area contributed by atoms with Gasteiger partial charge in [-0.3, -0.25) is 28.8 Å². The Morgan fingerprint density at radius 2 is 1.08 bits per heavy atom. The van der Waals surface area contributed by atoms with Crippen molar-refractivity contribution in [2.45, 2.75) is 86.9 Å². The van der Waals surface area contributed by atoms with Gasteiger partial charge in [-0.25, -0.2) is 4.79 Å². The van der Waals surface area contributed by atoms with Crippen LogP contribution in [0.2, 0.25) is 0 Å². The van der Waals surface area contributed by atoms with E-state index in [1.54, 1.807) is 66.7 Å². The van der Waals surface area contributed by atoms with E-state index in [4.69, 9.17) is 4.74 Å². The number of rotatable bonds is 20.